The standard InChI is InChI=1S/C10H7F2N3O4/c1-2-19-10(16)6-3-5(4-13)14-9(15(17)18)7(6)8(11)12/h3,8H,2H2,1H3. The van der Waals surface area contributed by atoms with Crippen molar-refractivity contribution in [1.82, 2.24) is 4.98 Å². The lowest BCUT2D eigenvalue weighted by Gasteiger charge is -2.08. The average molecular weight is 271 g/mol. The Morgan fingerprint density at radius 1 is 1.68 bits per heavy atom. The van der Waals surface area contributed by atoms with Crippen LogP contribution in [0.4, 0.5) is 14.6 Å². The summed E-state index contributed by atoms with van der Waals surface area (Å²) >= 11 is 0. The highest BCUT2D eigenvalue weighted by atomic mass is 19.3. The van der Waals surface area contributed by atoms with E-state index >= 15 is 0 Å². The lowest BCUT2D eigenvalue weighted by molar-refractivity contribution is -0.391. The molecule has 0 aromatic carbocycles. The number of carbonyl (C=O) groups excluding carboxylic acids is 1. The summed E-state index contributed by atoms with van der Waals surface area (Å²) in [5.41, 5.74) is -2.39. The zero-order valence-electron chi connectivity index (χ0n) is 9.59. The van der Waals surface area contributed by atoms with E-state index in [1.807, 2.05) is 0 Å². The number of pyridine rings is 1. The van der Waals surface area contributed by atoms with E-state index in [1.165, 1.54) is 13.0 Å². The Labute approximate surface area is 105 Å². The number of nitro groups is 1. The number of carbonyl (C=O) groups is 1. The third-order valence-electron chi connectivity index (χ3n) is 2.04. The molecule has 1 rings (SSSR count). The van der Waals surface area contributed by atoms with Gasteiger partial charge in [-0.2, -0.15) is 5.26 Å². The summed E-state index contributed by atoms with van der Waals surface area (Å²) in [6, 6.07) is 2.20. The molecule has 0 unspecified atom stereocenters. The number of rotatable bonds is 4. The highest BCUT2D eigenvalue weighted by molar-refractivity contribution is 5.92. The Morgan fingerprint density at radius 2 is 2.32 bits per heavy atom. The molecule has 9 heteroatoms. The van der Waals surface area contributed by atoms with Crippen molar-refractivity contribution in [3.8, 4) is 6.07 Å². The van der Waals surface area contributed by atoms with Crippen LogP contribution in [0.5, 0.6) is 0 Å². The molecule has 19 heavy (non-hydrogen) atoms. The molecule has 0 saturated heterocycles. The lowest BCUT2D eigenvalue weighted by atomic mass is 10.1. The largest absolute Gasteiger partial charge is 0.462 e. The highest BCUT2D eigenvalue weighted by Crippen LogP contribution is 2.31. The predicted octanol–water partition coefficient (Wildman–Crippen LogP) is 1.98. The molecule has 0 amide bonds. The summed E-state index contributed by atoms with van der Waals surface area (Å²) in [5.74, 6) is -2.39. The van der Waals surface area contributed by atoms with Crippen molar-refractivity contribution in [3.63, 3.8) is 0 Å². The molecule has 100 valence electrons. The minimum absolute atomic E-state index is 0.0977. The first-order chi connectivity index (χ1) is 8.92. The zero-order valence-corrected chi connectivity index (χ0v) is 9.59. The molecular weight excluding hydrogens is 264 g/mol. The molecule has 0 bridgehead atoms. The molecule has 0 aliphatic heterocycles. The fraction of sp³-hybridized carbons (Fsp3) is 0.300. The van der Waals surface area contributed by atoms with Crippen LogP contribution in [0.25, 0.3) is 0 Å². The minimum Gasteiger partial charge on any atom is -0.462 e. The van der Waals surface area contributed by atoms with Gasteiger partial charge in [0.05, 0.1) is 12.2 Å². The van der Waals surface area contributed by atoms with E-state index in [9.17, 15) is 23.7 Å². The van der Waals surface area contributed by atoms with Gasteiger partial charge in [0.15, 0.2) is 0 Å². The summed E-state index contributed by atoms with van der Waals surface area (Å²) < 4.78 is 30.2. The van der Waals surface area contributed by atoms with Crippen molar-refractivity contribution >= 4 is 11.8 Å². The van der Waals surface area contributed by atoms with Crippen molar-refractivity contribution in [2.45, 2.75) is 13.3 Å². The van der Waals surface area contributed by atoms with Gasteiger partial charge < -0.3 is 14.9 Å². The molecule has 0 N–H and O–H groups in total. The number of aromatic nitrogens is 1. The molecule has 7 nitrogen and oxygen atoms in total. The van der Waals surface area contributed by atoms with Crippen LogP contribution in [0.15, 0.2) is 6.07 Å². The number of alkyl halides is 2. The molecule has 0 radical (unpaired) electrons. The van der Waals surface area contributed by atoms with Gasteiger partial charge in [-0.15, -0.1) is 0 Å². The van der Waals surface area contributed by atoms with Gasteiger partial charge in [-0.05, 0) is 16.8 Å². The summed E-state index contributed by atoms with van der Waals surface area (Å²) in [5, 5.41) is 19.3. The molecule has 0 saturated carbocycles. The quantitative estimate of drug-likeness (QED) is 0.470. The van der Waals surface area contributed by atoms with Crippen molar-refractivity contribution in [1.29, 1.82) is 5.26 Å². The Balaban J connectivity index is 3.58. The van der Waals surface area contributed by atoms with Crippen LogP contribution in [0, 0.1) is 21.4 Å². The topological polar surface area (TPSA) is 106 Å². The monoisotopic (exact) mass is 271 g/mol. The van der Waals surface area contributed by atoms with Crippen molar-refractivity contribution in [2.24, 2.45) is 0 Å². The van der Waals surface area contributed by atoms with Crippen LogP contribution >= 0.6 is 0 Å². The van der Waals surface area contributed by atoms with Gasteiger partial charge in [0.2, 0.25) is 0 Å². The maximum atomic E-state index is 12.8. The number of esters is 1. The van der Waals surface area contributed by atoms with Gasteiger partial charge in [0.1, 0.15) is 11.6 Å². The Bertz CT molecular complexity index is 569. The van der Waals surface area contributed by atoms with Crippen LogP contribution < -0.4 is 0 Å². The Morgan fingerprint density at radius 3 is 2.74 bits per heavy atom. The van der Waals surface area contributed by atoms with Gasteiger partial charge >= 0.3 is 11.8 Å². The van der Waals surface area contributed by atoms with Gasteiger partial charge in [-0.1, -0.05) is 0 Å². The first-order valence-corrected chi connectivity index (χ1v) is 4.97. The third-order valence-corrected chi connectivity index (χ3v) is 2.04. The van der Waals surface area contributed by atoms with Crippen LogP contribution in [-0.2, 0) is 4.74 Å². The number of hydrogen-bond donors (Lipinski definition) is 0. The molecule has 1 aromatic heterocycles. The van der Waals surface area contributed by atoms with Crippen LogP contribution in [0.2, 0.25) is 0 Å². The summed E-state index contributed by atoms with van der Waals surface area (Å²) in [6.45, 7) is 1.35. The maximum absolute atomic E-state index is 12.8. The van der Waals surface area contributed by atoms with Gasteiger partial charge in [-0.25, -0.2) is 13.6 Å². The second kappa shape index (κ2) is 5.81. The van der Waals surface area contributed by atoms with Crippen LogP contribution in [0.1, 0.15) is 35.0 Å². The van der Waals surface area contributed by atoms with Crippen molar-refractivity contribution in [3.05, 3.63) is 33.0 Å². The Hall–Kier alpha value is -2.63. The summed E-state index contributed by atoms with van der Waals surface area (Å²) in [6.07, 6.45) is -3.29. The van der Waals surface area contributed by atoms with E-state index in [-0.39, 0.29) is 6.61 Å². The lowest BCUT2D eigenvalue weighted by Crippen LogP contribution is -2.12. The summed E-state index contributed by atoms with van der Waals surface area (Å²) in [4.78, 5) is 24.2. The van der Waals surface area contributed by atoms with Crippen LogP contribution in [-0.4, -0.2) is 22.5 Å². The molecule has 0 atom stereocenters. The molecule has 0 fully saturated rings. The number of nitrogens with zero attached hydrogens (tertiary/aromatic N) is 3. The first-order valence-electron chi connectivity index (χ1n) is 4.97. The smallest absolute Gasteiger partial charge is 0.374 e. The van der Waals surface area contributed by atoms with E-state index in [0.29, 0.717) is 0 Å². The average Bonchev–Trinajstić information content (AvgIpc) is 2.37. The second-order valence-corrected chi connectivity index (χ2v) is 3.18. The number of halogens is 2. The van der Waals surface area contributed by atoms with Gasteiger partial charge in [-0.3, -0.25) is 0 Å². The highest BCUT2D eigenvalue weighted by Gasteiger charge is 2.32. The van der Waals surface area contributed by atoms with E-state index in [1.54, 1.807) is 0 Å². The first kappa shape index (κ1) is 14.4. The number of ether oxygens (including phenoxy) is 1. The van der Waals surface area contributed by atoms with Gasteiger partial charge in [0.25, 0.3) is 12.1 Å². The van der Waals surface area contributed by atoms with Crippen molar-refractivity contribution < 1.29 is 23.2 Å². The van der Waals surface area contributed by atoms with Crippen LogP contribution in [0.3, 0.4) is 0 Å². The van der Waals surface area contributed by atoms with Crippen molar-refractivity contribution in [2.75, 3.05) is 6.61 Å². The second-order valence-electron chi connectivity index (χ2n) is 3.18. The normalized spacial score (nSPS) is 10.1. The molecule has 0 aliphatic rings. The molecule has 0 aliphatic carbocycles. The van der Waals surface area contributed by atoms with E-state index in [0.717, 1.165) is 6.07 Å². The molecular formula is C10H7F2N3O4. The van der Waals surface area contributed by atoms with Gasteiger partial charge in [0, 0.05) is 6.07 Å². The molecule has 0 spiro atoms. The Kier molecular flexibility index (Phi) is 4.41. The molecule has 1 aromatic rings. The third kappa shape index (κ3) is 2.98. The number of nitriles is 1. The van der Waals surface area contributed by atoms with E-state index < -0.39 is 40.0 Å². The minimum atomic E-state index is -3.29. The SMILES string of the molecule is CCOC(=O)c1cc(C#N)nc([N+](=O)[O-])c1C(F)F. The zero-order chi connectivity index (χ0) is 14.6. The number of hydrogen-bond acceptors (Lipinski definition) is 6. The fourth-order valence-corrected chi connectivity index (χ4v) is 1.33. The molecule has 1 heterocycles. The predicted molar refractivity (Wildman–Crippen MR) is 56.5 cm³/mol. The van der Waals surface area contributed by atoms with E-state index in [4.69, 9.17) is 5.26 Å². The summed E-state index contributed by atoms with van der Waals surface area (Å²) in [7, 11) is 0. The van der Waals surface area contributed by atoms with E-state index in [2.05, 4.69) is 9.72 Å². The maximum Gasteiger partial charge on any atom is 0.374 e. The fourth-order valence-electron chi connectivity index (χ4n) is 1.33.